The fourth-order valence-electron chi connectivity index (χ4n) is 7.38. The lowest BCUT2D eigenvalue weighted by Gasteiger charge is -2.23. The van der Waals surface area contributed by atoms with Crippen LogP contribution >= 0.6 is 0 Å². The Morgan fingerprint density at radius 3 is 1.57 bits per heavy atom. The zero-order valence-corrected chi connectivity index (χ0v) is 25.2. The minimum absolute atomic E-state index is 0.178. The molecule has 5 N–H and O–H groups in total. The Hall–Kier alpha value is -5.94. The van der Waals surface area contributed by atoms with Gasteiger partial charge < -0.3 is 25.5 Å². The Bertz CT molecular complexity index is 2360. The van der Waals surface area contributed by atoms with Gasteiger partial charge in [-0.1, -0.05) is 117 Å². The van der Waals surface area contributed by atoms with Crippen LogP contribution in [0, 0.1) is 0 Å². The first kappa shape index (κ1) is 27.6. The Balaban J connectivity index is 1.48. The molecule has 0 atom stereocenters. The fourth-order valence-corrected chi connectivity index (χ4v) is 7.38. The van der Waals surface area contributed by atoms with Crippen LogP contribution in [-0.2, 0) is 5.41 Å². The molecule has 1 aliphatic rings. The van der Waals surface area contributed by atoms with E-state index in [2.05, 4.69) is 80.6 Å². The zero-order valence-electron chi connectivity index (χ0n) is 25.2. The van der Waals surface area contributed by atoms with E-state index in [0.29, 0.717) is 5.56 Å². The summed E-state index contributed by atoms with van der Waals surface area (Å²) in [4.78, 5) is 0. The van der Waals surface area contributed by atoms with Gasteiger partial charge in [0.25, 0.3) is 0 Å². The number of aromatic hydroxyl groups is 5. The minimum atomic E-state index is -0.987. The van der Waals surface area contributed by atoms with Crippen molar-refractivity contribution >= 4 is 21.5 Å². The summed E-state index contributed by atoms with van der Waals surface area (Å²) in [6.45, 7) is 4.54. The topological polar surface area (TPSA) is 101 Å². The summed E-state index contributed by atoms with van der Waals surface area (Å²) < 4.78 is 0. The van der Waals surface area contributed by atoms with E-state index in [-0.39, 0.29) is 11.0 Å². The molecule has 8 rings (SSSR count). The van der Waals surface area contributed by atoms with E-state index < -0.39 is 28.7 Å². The minimum Gasteiger partial charge on any atom is -0.504 e. The van der Waals surface area contributed by atoms with Crippen LogP contribution in [0.5, 0.6) is 28.7 Å². The average molecular weight is 603 g/mol. The first-order valence-electron chi connectivity index (χ1n) is 15.2. The summed E-state index contributed by atoms with van der Waals surface area (Å²) in [5.74, 6) is -4.26. The summed E-state index contributed by atoms with van der Waals surface area (Å²) >= 11 is 0. The van der Waals surface area contributed by atoms with Gasteiger partial charge in [0.2, 0.25) is 17.2 Å². The molecule has 7 aromatic carbocycles. The lowest BCUT2D eigenvalue weighted by atomic mass is 9.80. The van der Waals surface area contributed by atoms with Crippen molar-refractivity contribution in [2.45, 2.75) is 19.3 Å². The van der Waals surface area contributed by atoms with Gasteiger partial charge in [-0.2, -0.15) is 0 Å². The molecule has 0 aliphatic heterocycles. The van der Waals surface area contributed by atoms with Crippen LogP contribution in [0.3, 0.4) is 0 Å². The molecule has 0 saturated heterocycles. The molecule has 0 fully saturated rings. The number of phenolic OH excluding ortho intramolecular Hbond substituents is 5. The largest absolute Gasteiger partial charge is 0.504 e. The number of benzene rings is 7. The Kier molecular flexibility index (Phi) is 5.87. The lowest BCUT2D eigenvalue weighted by molar-refractivity contribution is 0.330. The van der Waals surface area contributed by atoms with Gasteiger partial charge in [0.1, 0.15) is 0 Å². The molecule has 5 heteroatoms. The van der Waals surface area contributed by atoms with E-state index in [9.17, 15) is 25.5 Å². The van der Waals surface area contributed by atoms with E-state index in [4.69, 9.17) is 0 Å². The molecule has 0 unspecified atom stereocenters. The van der Waals surface area contributed by atoms with Gasteiger partial charge in [0.05, 0.1) is 5.56 Å². The second-order valence-corrected chi connectivity index (χ2v) is 12.5. The Labute approximate surface area is 265 Å². The van der Waals surface area contributed by atoms with Gasteiger partial charge in [-0.3, -0.25) is 0 Å². The van der Waals surface area contributed by atoms with Gasteiger partial charge in [-0.05, 0) is 83.7 Å². The smallest absolute Gasteiger partial charge is 0.208 e. The molecule has 0 aromatic heterocycles. The third-order valence-corrected chi connectivity index (χ3v) is 9.62. The molecule has 5 nitrogen and oxygen atoms in total. The maximum absolute atomic E-state index is 10.8. The van der Waals surface area contributed by atoms with Crippen LogP contribution in [-0.4, -0.2) is 25.5 Å². The first-order valence-corrected chi connectivity index (χ1v) is 15.2. The van der Waals surface area contributed by atoms with Crippen molar-refractivity contribution in [2.24, 2.45) is 0 Å². The molecule has 224 valence electrons. The Morgan fingerprint density at radius 1 is 0.370 bits per heavy atom. The quantitative estimate of drug-likeness (QED) is 0.0787. The van der Waals surface area contributed by atoms with Gasteiger partial charge in [-0.25, -0.2) is 0 Å². The third-order valence-electron chi connectivity index (χ3n) is 9.62. The summed E-state index contributed by atoms with van der Waals surface area (Å²) in [6, 6.07) is 39.2. The standard InChI is InChI=1S/C41H30O5/c1-41(2)31-15-9-8-12-25(31)26-18-16-24(21-32(26)41)34-28-14-7-6-13-27(28)33(22-10-4-3-5-11-22)30-20-23(17-19-29(30)34)35-36(42)38(44)40(46)39(45)37(35)43/h3-21,42-46H,1-2H3. The van der Waals surface area contributed by atoms with Crippen molar-refractivity contribution in [3.8, 4) is 73.3 Å². The third kappa shape index (κ3) is 3.75. The van der Waals surface area contributed by atoms with Gasteiger partial charge in [0.15, 0.2) is 11.5 Å². The fraction of sp³-hybridized carbons (Fsp3) is 0.0732. The molecule has 0 bridgehead atoms. The van der Waals surface area contributed by atoms with E-state index in [0.717, 1.165) is 43.8 Å². The molecular formula is C41H30O5. The number of hydrogen-bond acceptors (Lipinski definition) is 5. The van der Waals surface area contributed by atoms with Crippen LogP contribution in [0.1, 0.15) is 25.0 Å². The number of rotatable bonds is 3. The van der Waals surface area contributed by atoms with Gasteiger partial charge in [0, 0.05) is 5.41 Å². The normalized spacial score (nSPS) is 13.2. The highest BCUT2D eigenvalue weighted by Gasteiger charge is 2.35. The van der Waals surface area contributed by atoms with Crippen LogP contribution in [0.15, 0.2) is 115 Å². The maximum atomic E-state index is 10.8. The molecule has 0 radical (unpaired) electrons. The number of fused-ring (bicyclic) bond motifs is 5. The summed E-state index contributed by atoms with van der Waals surface area (Å²) in [5.41, 5.74) is 9.14. The second kappa shape index (κ2) is 9.78. The van der Waals surface area contributed by atoms with E-state index >= 15 is 0 Å². The van der Waals surface area contributed by atoms with Crippen LogP contribution in [0.4, 0.5) is 0 Å². The lowest BCUT2D eigenvalue weighted by Crippen LogP contribution is -2.14. The van der Waals surface area contributed by atoms with Crippen molar-refractivity contribution in [3.05, 3.63) is 126 Å². The zero-order chi connectivity index (χ0) is 31.9. The van der Waals surface area contributed by atoms with Crippen molar-refractivity contribution in [3.63, 3.8) is 0 Å². The SMILES string of the molecule is CC1(C)c2ccccc2-c2ccc(-c3c4ccccc4c(-c4ccccc4)c4cc(-c5c(O)c(O)c(O)c(O)c5O)ccc34)cc21. The predicted octanol–water partition coefficient (Wildman–Crippen LogP) is 9.83. The highest BCUT2D eigenvalue weighted by atomic mass is 16.4. The van der Waals surface area contributed by atoms with Crippen LogP contribution in [0.2, 0.25) is 0 Å². The number of phenols is 5. The van der Waals surface area contributed by atoms with Gasteiger partial charge in [-0.15, -0.1) is 0 Å². The average Bonchev–Trinajstić information content (AvgIpc) is 3.31. The van der Waals surface area contributed by atoms with Crippen molar-refractivity contribution < 1.29 is 25.5 Å². The van der Waals surface area contributed by atoms with Gasteiger partial charge >= 0.3 is 0 Å². The summed E-state index contributed by atoms with van der Waals surface area (Å²) in [6.07, 6.45) is 0. The van der Waals surface area contributed by atoms with Crippen LogP contribution in [0.25, 0.3) is 66.1 Å². The molecular weight excluding hydrogens is 572 g/mol. The molecule has 7 aromatic rings. The van der Waals surface area contributed by atoms with Crippen molar-refractivity contribution in [2.75, 3.05) is 0 Å². The summed E-state index contributed by atoms with van der Waals surface area (Å²) in [7, 11) is 0. The highest BCUT2D eigenvalue weighted by Crippen LogP contribution is 2.56. The highest BCUT2D eigenvalue weighted by molar-refractivity contribution is 6.22. The molecule has 0 saturated carbocycles. The van der Waals surface area contributed by atoms with Crippen molar-refractivity contribution in [1.29, 1.82) is 0 Å². The van der Waals surface area contributed by atoms with E-state index in [1.165, 1.54) is 22.3 Å². The monoisotopic (exact) mass is 602 g/mol. The molecule has 0 spiro atoms. The van der Waals surface area contributed by atoms with E-state index in [1.54, 1.807) is 6.07 Å². The maximum Gasteiger partial charge on any atom is 0.208 e. The summed E-state index contributed by atoms with van der Waals surface area (Å²) in [5, 5.41) is 56.3. The molecule has 0 heterocycles. The predicted molar refractivity (Wildman–Crippen MR) is 184 cm³/mol. The van der Waals surface area contributed by atoms with E-state index in [1.807, 2.05) is 42.5 Å². The van der Waals surface area contributed by atoms with Crippen molar-refractivity contribution in [1.82, 2.24) is 0 Å². The van der Waals surface area contributed by atoms with Crippen LogP contribution < -0.4 is 0 Å². The number of hydrogen-bond donors (Lipinski definition) is 5. The molecule has 1 aliphatic carbocycles. The second-order valence-electron chi connectivity index (χ2n) is 12.5. The Morgan fingerprint density at radius 2 is 0.870 bits per heavy atom. The first-order chi connectivity index (χ1) is 22.2. The molecule has 0 amide bonds. The molecule has 46 heavy (non-hydrogen) atoms.